The number of ether oxygens (including phenoxy) is 1. The summed E-state index contributed by atoms with van der Waals surface area (Å²) in [5.41, 5.74) is 4.55. The van der Waals surface area contributed by atoms with Gasteiger partial charge in [-0.05, 0) is 60.7 Å². The minimum absolute atomic E-state index is 0.113. The molecule has 0 saturated carbocycles. The first-order valence-corrected chi connectivity index (χ1v) is 12.3. The van der Waals surface area contributed by atoms with E-state index in [4.69, 9.17) is 9.15 Å². The van der Waals surface area contributed by atoms with Crippen LogP contribution in [-0.2, 0) is 34.1 Å². The Morgan fingerprint density at radius 3 is 2.53 bits per heavy atom. The Hall–Kier alpha value is -2.84. The highest BCUT2D eigenvalue weighted by molar-refractivity contribution is 7.89. The molecule has 2 aromatic carbocycles. The van der Waals surface area contributed by atoms with Crippen molar-refractivity contribution < 1.29 is 22.4 Å². The molecule has 170 valence electrons. The van der Waals surface area contributed by atoms with Crippen LogP contribution in [0.4, 0.5) is 5.69 Å². The molecule has 1 N–H and O–H groups in total. The van der Waals surface area contributed by atoms with Crippen LogP contribution in [0.15, 0.2) is 45.9 Å². The average Bonchev–Trinajstić information content (AvgIpc) is 3.39. The monoisotopic (exact) mass is 456 g/mol. The molecule has 32 heavy (non-hydrogen) atoms. The predicted molar refractivity (Wildman–Crippen MR) is 124 cm³/mol. The maximum Gasteiger partial charge on any atom is 0.243 e. The highest BCUT2D eigenvalue weighted by Gasteiger charge is 2.24. The minimum Gasteiger partial charge on any atom is -0.495 e. The first kappa shape index (κ1) is 22.4. The van der Waals surface area contributed by atoms with E-state index in [0.717, 1.165) is 35.8 Å². The van der Waals surface area contributed by atoms with Gasteiger partial charge in [0, 0.05) is 24.0 Å². The van der Waals surface area contributed by atoms with Gasteiger partial charge in [-0.2, -0.15) is 4.31 Å². The van der Waals surface area contributed by atoms with E-state index in [2.05, 4.69) is 17.4 Å². The predicted octanol–water partition coefficient (Wildman–Crippen LogP) is 4.14. The molecule has 0 spiro atoms. The molecular formula is C24H28N2O5S. The second-order valence-corrected chi connectivity index (χ2v) is 9.85. The lowest BCUT2D eigenvalue weighted by molar-refractivity contribution is -0.115. The lowest BCUT2D eigenvalue weighted by Gasteiger charge is -2.19. The molecule has 1 aliphatic carbocycles. The number of nitrogens with one attached hydrogen (secondary N) is 1. The van der Waals surface area contributed by atoms with Gasteiger partial charge in [-0.3, -0.25) is 4.79 Å². The van der Waals surface area contributed by atoms with Crippen LogP contribution >= 0.6 is 0 Å². The highest BCUT2D eigenvalue weighted by atomic mass is 32.2. The number of aryl methyl sites for hydroxylation is 2. The number of hydrogen-bond acceptors (Lipinski definition) is 5. The van der Waals surface area contributed by atoms with Gasteiger partial charge in [-0.25, -0.2) is 8.42 Å². The van der Waals surface area contributed by atoms with Crippen LogP contribution in [-0.4, -0.2) is 38.8 Å². The third-order valence-corrected chi connectivity index (χ3v) is 8.05. The quantitative estimate of drug-likeness (QED) is 0.550. The summed E-state index contributed by atoms with van der Waals surface area (Å²) in [6.45, 7) is 4.31. The van der Waals surface area contributed by atoms with Crippen LogP contribution in [0.5, 0.6) is 5.75 Å². The lowest BCUT2D eigenvalue weighted by atomic mass is 10.0. The van der Waals surface area contributed by atoms with E-state index in [1.54, 1.807) is 26.2 Å². The van der Waals surface area contributed by atoms with Gasteiger partial charge in [0.1, 0.15) is 11.3 Å². The molecule has 4 rings (SSSR count). The number of furan rings is 1. The zero-order chi connectivity index (χ0) is 22.9. The van der Waals surface area contributed by atoms with Gasteiger partial charge in [0.05, 0.1) is 30.4 Å². The fourth-order valence-electron chi connectivity index (χ4n) is 4.31. The molecule has 0 aliphatic heterocycles. The van der Waals surface area contributed by atoms with Gasteiger partial charge in [-0.1, -0.05) is 13.8 Å². The molecule has 8 heteroatoms. The van der Waals surface area contributed by atoms with E-state index >= 15 is 0 Å². The van der Waals surface area contributed by atoms with Gasteiger partial charge in [-0.15, -0.1) is 0 Å². The molecule has 1 heterocycles. The van der Waals surface area contributed by atoms with Crippen molar-refractivity contribution in [2.75, 3.05) is 25.5 Å². The van der Waals surface area contributed by atoms with Crippen LogP contribution in [0.3, 0.4) is 0 Å². The van der Waals surface area contributed by atoms with Crippen molar-refractivity contribution in [1.82, 2.24) is 4.31 Å². The zero-order valence-electron chi connectivity index (χ0n) is 18.6. The summed E-state index contributed by atoms with van der Waals surface area (Å²) in [7, 11) is -2.18. The van der Waals surface area contributed by atoms with Crippen LogP contribution < -0.4 is 10.1 Å². The van der Waals surface area contributed by atoms with E-state index < -0.39 is 10.0 Å². The number of hydrogen-bond donors (Lipinski definition) is 1. The fraction of sp³-hybridized carbons (Fsp3) is 0.375. The standard InChI is InChI=1S/C24H28N2O5S/c1-4-26(5-2)32(28,29)19-9-10-22(30-3)21(14-19)25-24(27)13-18-15-31-23-12-17-8-6-7-16(17)11-20(18)23/h9-12,14-15H,4-8,13H2,1-3H3,(H,25,27). The molecule has 1 amide bonds. The summed E-state index contributed by atoms with van der Waals surface area (Å²) in [6.07, 6.45) is 4.99. The second kappa shape index (κ2) is 8.96. The second-order valence-electron chi connectivity index (χ2n) is 7.91. The number of amides is 1. The maximum atomic E-state index is 12.9. The number of methoxy groups -OCH3 is 1. The van der Waals surface area contributed by atoms with Gasteiger partial charge < -0.3 is 14.5 Å². The minimum atomic E-state index is -3.66. The molecule has 1 aliphatic rings. The van der Waals surface area contributed by atoms with Crippen molar-refractivity contribution in [3.05, 3.63) is 53.3 Å². The lowest BCUT2D eigenvalue weighted by Crippen LogP contribution is -2.30. The van der Waals surface area contributed by atoms with Crippen LogP contribution in [0.25, 0.3) is 11.0 Å². The number of rotatable bonds is 8. The topological polar surface area (TPSA) is 88.9 Å². The van der Waals surface area contributed by atoms with Crippen molar-refractivity contribution >= 4 is 32.6 Å². The molecule has 1 aromatic heterocycles. The molecule has 0 atom stereocenters. The fourth-order valence-corrected chi connectivity index (χ4v) is 5.79. The van der Waals surface area contributed by atoms with Crippen LogP contribution in [0.1, 0.15) is 37.0 Å². The third-order valence-electron chi connectivity index (χ3n) is 6.01. The first-order chi connectivity index (χ1) is 15.4. The molecule has 7 nitrogen and oxygen atoms in total. The normalized spacial score (nSPS) is 13.5. The third kappa shape index (κ3) is 4.12. The molecule has 3 aromatic rings. The Kier molecular flexibility index (Phi) is 6.26. The summed E-state index contributed by atoms with van der Waals surface area (Å²) < 4.78 is 38.2. The molecule has 0 fully saturated rings. The maximum absolute atomic E-state index is 12.9. The summed E-state index contributed by atoms with van der Waals surface area (Å²) in [6, 6.07) is 8.70. The summed E-state index contributed by atoms with van der Waals surface area (Å²) in [5, 5.41) is 3.77. The van der Waals surface area contributed by atoms with E-state index in [0.29, 0.717) is 24.5 Å². The van der Waals surface area contributed by atoms with Crippen molar-refractivity contribution in [2.24, 2.45) is 0 Å². The molecule has 0 radical (unpaired) electrons. The Morgan fingerprint density at radius 1 is 1.12 bits per heavy atom. The van der Waals surface area contributed by atoms with Gasteiger partial charge in [0.15, 0.2) is 0 Å². The first-order valence-electron chi connectivity index (χ1n) is 10.9. The molecule has 0 unspecified atom stereocenters. The largest absolute Gasteiger partial charge is 0.495 e. The number of carbonyl (C=O) groups excluding carboxylic acids is 1. The van der Waals surface area contributed by atoms with Crippen LogP contribution in [0, 0.1) is 0 Å². The van der Waals surface area contributed by atoms with E-state index in [1.165, 1.54) is 34.7 Å². The van der Waals surface area contributed by atoms with Gasteiger partial charge >= 0.3 is 0 Å². The number of anilines is 1. The highest BCUT2D eigenvalue weighted by Crippen LogP contribution is 2.32. The van der Waals surface area contributed by atoms with E-state index in [9.17, 15) is 13.2 Å². The van der Waals surface area contributed by atoms with Crippen molar-refractivity contribution in [1.29, 1.82) is 0 Å². The molecule has 0 bridgehead atoms. The Bertz CT molecular complexity index is 1260. The summed E-state index contributed by atoms with van der Waals surface area (Å²) >= 11 is 0. The molecular weight excluding hydrogens is 428 g/mol. The van der Waals surface area contributed by atoms with Crippen LogP contribution in [0.2, 0.25) is 0 Å². The number of fused-ring (bicyclic) bond motifs is 2. The van der Waals surface area contributed by atoms with E-state index in [-0.39, 0.29) is 17.2 Å². The Labute approximate surface area is 188 Å². The smallest absolute Gasteiger partial charge is 0.243 e. The van der Waals surface area contributed by atoms with E-state index in [1.807, 2.05) is 0 Å². The average molecular weight is 457 g/mol. The zero-order valence-corrected chi connectivity index (χ0v) is 19.4. The number of carbonyl (C=O) groups is 1. The van der Waals surface area contributed by atoms with Crippen molar-refractivity contribution in [3.63, 3.8) is 0 Å². The molecule has 0 saturated heterocycles. The summed E-state index contributed by atoms with van der Waals surface area (Å²) in [4.78, 5) is 13.0. The van der Waals surface area contributed by atoms with Gasteiger partial charge in [0.25, 0.3) is 0 Å². The van der Waals surface area contributed by atoms with Gasteiger partial charge in [0.2, 0.25) is 15.9 Å². The van der Waals surface area contributed by atoms with Crippen molar-refractivity contribution in [2.45, 2.75) is 44.4 Å². The number of nitrogens with zero attached hydrogens (tertiary/aromatic N) is 1. The van der Waals surface area contributed by atoms with Crippen molar-refractivity contribution in [3.8, 4) is 5.75 Å². The Morgan fingerprint density at radius 2 is 1.84 bits per heavy atom. The number of benzene rings is 2. The SMILES string of the molecule is CCN(CC)S(=O)(=O)c1ccc(OC)c(NC(=O)Cc2coc3cc4c(cc23)CCC4)c1. The number of sulfonamides is 1. The Balaban J connectivity index is 1.58. The summed E-state index contributed by atoms with van der Waals surface area (Å²) in [5.74, 6) is 0.121.